The van der Waals surface area contributed by atoms with Gasteiger partial charge in [-0.1, -0.05) is 0 Å². The Balaban J connectivity index is 1.98. The van der Waals surface area contributed by atoms with Crippen molar-refractivity contribution in [2.75, 3.05) is 11.9 Å². The van der Waals surface area contributed by atoms with Gasteiger partial charge in [0.2, 0.25) is 5.82 Å². The zero-order valence-electron chi connectivity index (χ0n) is 7.99. The molecule has 1 aliphatic carbocycles. The first kappa shape index (κ1) is 9.91. The number of nitrogens with zero attached hydrogens (tertiary/aromatic N) is 1. The van der Waals surface area contributed by atoms with E-state index in [4.69, 9.17) is 0 Å². The molecule has 1 fully saturated rings. The largest absolute Gasteiger partial charge is 0.391 e. The fourth-order valence-electron chi connectivity index (χ4n) is 1.32. The van der Waals surface area contributed by atoms with Gasteiger partial charge in [0.1, 0.15) is 0 Å². The van der Waals surface area contributed by atoms with Gasteiger partial charge in [0.05, 0.1) is 6.10 Å². The Kier molecular flexibility index (Phi) is 2.55. The summed E-state index contributed by atoms with van der Waals surface area (Å²) in [6.07, 6.45) is 1.59. The summed E-state index contributed by atoms with van der Waals surface area (Å²) in [5, 5.41) is 17.8. The van der Waals surface area contributed by atoms with Crippen LogP contribution in [-0.2, 0) is 0 Å². The molecule has 2 rings (SSSR count). The molecule has 7 heteroatoms. The van der Waals surface area contributed by atoms with Crippen LogP contribution in [-0.4, -0.2) is 32.9 Å². The van der Waals surface area contributed by atoms with E-state index in [2.05, 4.69) is 15.5 Å². The second-order valence-electron chi connectivity index (χ2n) is 3.64. The minimum absolute atomic E-state index is 0.0225. The van der Waals surface area contributed by atoms with Crippen molar-refractivity contribution in [1.82, 2.24) is 15.2 Å². The van der Waals surface area contributed by atoms with Crippen LogP contribution in [0.3, 0.4) is 0 Å². The van der Waals surface area contributed by atoms with E-state index >= 15 is 0 Å². The van der Waals surface area contributed by atoms with Crippen LogP contribution in [0.2, 0.25) is 0 Å². The molecule has 0 amide bonds. The zero-order valence-corrected chi connectivity index (χ0v) is 7.99. The molecule has 15 heavy (non-hydrogen) atoms. The SMILES string of the molecule is O=c1[nH]nc(NCC(O)C2CC2)c(=O)[nH]1. The number of aromatic amines is 2. The number of aromatic nitrogens is 3. The van der Waals surface area contributed by atoms with Crippen molar-refractivity contribution in [2.45, 2.75) is 18.9 Å². The molecule has 0 saturated heterocycles. The summed E-state index contributed by atoms with van der Waals surface area (Å²) in [6, 6.07) is 0. The molecule has 82 valence electrons. The lowest BCUT2D eigenvalue weighted by Crippen LogP contribution is -2.30. The molecule has 1 heterocycles. The molecule has 0 aliphatic heterocycles. The number of hydrogen-bond acceptors (Lipinski definition) is 5. The summed E-state index contributed by atoms with van der Waals surface area (Å²) < 4.78 is 0. The summed E-state index contributed by atoms with van der Waals surface area (Å²) >= 11 is 0. The smallest absolute Gasteiger partial charge is 0.342 e. The normalized spacial score (nSPS) is 17.4. The van der Waals surface area contributed by atoms with Gasteiger partial charge < -0.3 is 10.4 Å². The topological polar surface area (TPSA) is 111 Å². The number of nitrogens with one attached hydrogen (secondary N) is 3. The second kappa shape index (κ2) is 3.85. The van der Waals surface area contributed by atoms with Gasteiger partial charge in [0, 0.05) is 6.54 Å². The van der Waals surface area contributed by atoms with E-state index < -0.39 is 17.4 Å². The van der Waals surface area contributed by atoms with Crippen LogP contribution in [0.5, 0.6) is 0 Å². The van der Waals surface area contributed by atoms with Gasteiger partial charge >= 0.3 is 5.69 Å². The Morgan fingerprint density at radius 3 is 2.87 bits per heavy atom. The Morgan fingerprint density at radius 1 is 1.53 bits per heavy atom. The van der Waals surface area contributed by atoms with Gasteiger partial charge in [-0.15, -0.1) is 5.10 Å². The lowest BCUT2D eigenvalue weighted by atomic mass is 10.2. The van der Waals surface area contributed by atoms with Gasteiger partial charge in [-0.25, -0.2) is 9.89 Å². The van der Waals surface area contributed by atoms with Gasteiger partial charge in [-0.05, 0) is 18.8 Å². The number of anilines is 1. The van der Waals surface area contributed by atoms with Crippen LogP contribution in [0.15, 0.2) is 9.59 Å². The van der Waals surface area contributed by atoms with E-state index in [1.165, 1.54) is 0 Å². The van der Waals surface area contributed by atoms with Crippen molar-refractivity contribution >= 4 is 5.82 Å². The third-order valence-corrected chi connectivity index (χ3v) is 2.36. The molecule has 1 aromatic rings. The molecule has 7 nitrogen and oxygen atoms in total. The number of hydrogen-bond donors (Lipinski definition) is 4. The van der Waals surface area contributed by atoms with Gasteiger partial charge in [0.15, 0.2) is 0 Å². The molecule has 4 N–H and O–H groups in total. The number of aliphatic hydroxyl groups excluding tert-OH is 1. The maximum Gasteiger partial charge on any atom is 0.342 e. The molecule has 1 aliphatic rings. The standard InChI is InChI=1S/C8H12N4O3/c13-5(4-1-2-4)3-9-6-7(14)10-8(15)12-11-6/h4-5,13H,1-3H2,(H,9,11)(H2,10,12,14,15). The molecule has 1 saturated carbocycles. The third-order valence-electron chi connectivity index (χ3n) is 2.36. The lowest BCUT2D eigenvalue weighted by Gasteiger charge is -2.09. The second-order valence-corrected chi connectivity index (χ2v) is 3.64. The third kappa shape index (κ3) is 2.44. The number of aliphatic hydroxyl groups is 1. The molecule has 0 bridgehead atoms. The van der Waals surface area contributed by atoms with E-state index in [1.807, 2.05) is 4.98 Å². The van der Waals surface area contributed by atoms with Gasteiger partial charge in [-0.3, -0.25) is 9.78 Å². The van der Waals surface area contributed by atoms with Gasteiger partial charge in [-0.2, -0.15) is 0 Å². The van der Waals surface area contributed by atoms with E-state index in [0.29, 0.717) is 5.92 Å². The van der Waals surface area contributed by atoms with Crippen LogP contribution in [0.1, 0.15) is 12.8 Å². The van der Waals surface area contributed by atoms with Gasteiger partial charge in [0.25, 0.3) is 5.56 Å². The highest BCUT2D eigenvalue weighted by Crippen LogP contribution is 2.32. The quantitative estimate of drug-likeness (QED) is 0.492. The van der Waals surface area contributed by atoms with E-state index in [1.54, 1.807) is 0 Å². The first-order valence-corrected chi connectivity index (χ1v) is 4.78. The number of rotatable bonds is 4. The fraction of sp³-hybridized carbons (Fsp3) is 0.625. The summed E-state index contributed by atoms with van der Waals surface area (Å²) in [5.74, 6) is 0.355. The predicted octanol–water partition coefficient (Wildman–Crippen LogP) is -1.36. The van der Waals surface area contributed by atoms with Crippen molar-refractivity contribution < 1.29 is 5.11 Å². The van der Waals surface area contributed by atoms with E-state index in [-0.39, 0.29) is 12.4 Å². The lowest BCUT2D eigenvalue weighted by molar-refractivity contribution is 0.164. The predicted molar refractivity (Wildman–Crippen MR) is 52.7 cm³/mol. The highest BCUT2D eigenvalue weighted by Gasteiger charge is 2.29. The molecule has 0 spiro atoms. The molecule has 1 unspecified atom stereocenters. The van der Waals surface area contributed by atoms with Crippen molar-refractivity contribution in [2.24, 2.45) is 5.92 Å². The summed E-state index contributed by atoms with van der Waals surface area (Å²) in [4.78, 5) is 23.8. The molecular formula is C8H12N4O3. The van der Waals surface area contributed by atoms with Crippen molar-refractivity contribution in [3.63, 3.8) is 0 Å². The average Bonchev–Trinajstić information content (AvgIpc) is 2.99. The van der Waals surface area contributed by atoms with Crippen LogP contribution in [0.25, 0.3) is 0 Å². The molecule has 0 aromatic carbocycles. The molecular weight excluding hydrogens is 200 g/mol. The maximum absolute atomic E-state index is 11.2. The minimum atomic E-state index is -0.645. The van der Waals surface area contributed by atoms with E-state index in [9.17, 15) is 14.7 Å². The maximum atomic E-state index is 11.2. The fourth-order valence-corrected chi connectivity index (χ4v) is 1.32. The van der Waals surface area contributed by atoms with Crippen molar-refractivity contribution in [3.8, 4) is 0 Å². The Labute approximate surface area is 84.5 Å². The molecule has 1 aromatic heterocycles. The van der Waals surface area contributed by atoms with Crippen LogP contribution in [0, 0.1) is 5.92 Å². The Hall–Kier alpha value is -1.63. The first-order valence-electron chi connectivity index (χ1n) is 4.78. The van der Waals surface area contributed by atoms with Crippen LogP contribution in [0.4, 0.5) is 5.82 Å². The Bertz CT molecular complexity index is 448. The summed E-state index contributed by atoms with van der Waals surface area (Å²) in [7, 11) is 0. The highest BCUT2D eigenvalue weighted by atomic mass is 16.3. The minimum Gasteiger partial charge on any atom is -0.391 e. The van der Waals surface area contributed by atoms with Crippen LogP contribution >= 0.6 is 0 Å². The number of H-pyrrole nitrogens is 2. The zero-order chi connectivity index (χ0) is 10.8. The van der Waals surface area contributed by atoms with Crippen LogP contribution < -0.4 is 16.6 Å². The molecule has 0 radical (unpaired) electrons. The van der Waals surface area contributed by atoms with Crippen molar-refractivity contribution in [3.05, 3.63) is 20.8 Å². The first-order chi connectivity index (χ1) is 7.16. The van der Waals surface area contributed by atoms with Crippen molar-refractivity contribution in [1.29, 1.82) is 0 Å². The summed E-state index contributed by atoms with van der Waals surface area (Å²) in [5.41, 5.74) is -1.23. The highest BCUT2D eigenvalue weighted by molar-refractivity contribution is 5.28. The molecule has 1 atom stereocenters. The summed E-state index contributed by atoms with van der Waals surface area (Å²) in [6.45, 7) is 0.271. The van der Waals surface area contributed by atoms with E-state index in [0.717, 1.165) is 12.8 Å². The average molecular weight is 212 g/mol. The Morgan fingerprint density at radius 2 is 2.27 bits per heavy atom. The monoisotopic (exact) mass is 212 g/mol.